The van der Waals surface area contributed by atoms with Crippen molar-refractivity contribution in [1.82, 2.24) is 5.43 Å². The molecule has 1 aromatic rings. The zero-order valence-electron chi connectivity index (χ0n) is 9.85. The summed E-state index contributed by atoms with van der Waals surface area (Å²) < 4.78 is 10.6. The second-order valence-corrected chi connectivity index (χ2v) is 3.81. The number of benzene rings is 1. The number of nitrogens with one attached hydrogen (secondary N) is 1. The van der Waals surface area contributed by atoms with Crippen LogP contribution in [0.25, 0.3) is 0 Å². The van der Waals surface area contributed by atoms with Crippen molar-refractivity contribution < 1.29 is 9.47 Å². The second-order valence-electron chi connectivity index (χ2n) is 3.81. The molecule has 0 spiro atoms. The molecule has 17 heavy (non-hydrogen) atoms. The van der Waals surface area contributed by atoms with Gasteiger partial charge < -0.3 is 14.9 Å². The van der Waals surface area contributed by atoms with E-state index < -0.39 is 0 Å². The van der Waals surface area contributed by atoms with Crippen LogP contribution < -0.4 is 16.0 Å². The summed E-state index contributed by atoms with van der Waals surface area (Å²) in [5.74, 6) is 7.26. The molecular formula is C12H17N3O2. The number of amidine groups is 1. The van der Waals surface area contributed by atoms with Crippen LogP contribution in [0.1, 0.15) is 11.5 Å². The van der Waals surface area contributed by atoms with Gasteiger partial charge >= 0.3 is 0 Å². The maximum atomic E-state index is 5.59. The number of para-hydroxylation sites is 1. The fraction of sp³-hybridized carbons (Fsp3) is 0.417. The molecule has 5 heteroatoms. The first-order valence-electron chi connectivity index (χ1n) is 5.58. The molecule has 0 saturated heterocycles. The summed E-state index contributed by atoms with van der Waals surface area (Å²) in [5.41, 5.74) is 3.78. The van der Waals surface area contributed by atoms with Gasteiger partial charge in [-0.1, -0.05) is 18.2 Å². The number of hydrogen-bond donors (Lipinski definition) is 2. The molecule has 0 saturated carbocycles. The van der Waals surface area contributed by atoms with Crippen molar-refractivity contribution >= 4 is 5.84 Å². The number of methoxy groups -OCH3 is 1. The van der Waals surface area contributed by atoms with E-state index >= 15 is 0 Å². The van der Waals surface area contributed by atoms with E-state index in [1.54, 1.807) is 7.11 Å². The molecule has 0 radical (unpaired) electrons. The van der Waals surface area contributed by atoms with Gasteiger partial charge in [0.05, 0.1) is 19.1 Å². The smallest absolute Gasteiger partial charge is 0.123 e. The van der Waals surface area contributed by atoms with E-state index in [0.717, 1.165) is 17.1 Å². The van der Waals surface area contributed by atoms with Gasteiger partial charge in [-0.05, 0) is 6.07 Å². The minimum atomic E-state index is 0.0908. The Balaban J connectivity index is 2.14. The zero-order chi connectivity index (χ0) is 12.1. The quantitative estimate of drug-likeness (QED) is 0.265. The molecule has 5 nitrogen and oxygen atoms in total. The molecule has 1 unspecified atom stereocenters. The number of hydrogen-bond acceptors (Lipinski definition) is 4. The van der Waals surface area contributed by atoms with E-state index in [2.05, 4.69) is 10.4 Å². The average molecular weight is 235 g/mol. The van der Waals surface area contributed by atoms with E-state index in [0.29, 0.717) is 19.8 Å². The molecule has 1 heterocycles. The van der Waals surface area contributed by atoms with Crippen LogP contribution in [0.5, 0.6) is 5.75 Å². The Hall–Kier alpha value is -1.59. The largest absolute Gasteiger partial charge is 0.492 e. The lowest BCUT2D eigenvalue weighted by Gasteiger charge is -2.12. The van der Waals surface area contributed by atoms with Gasteiger partial charge in [-0.3, -0.25) is 4.99 Å². The van der Waals surface area contributed by atoms with E-state index in [9.17, 15) is 0 Å². The van der Waals surface area contributed by atoms with Gasteiger partial charge in [-0.2, -0.15) is 0 Å². The summed E-state index contributed by atoms with van der Waals surface area (Å²) in [5, 5.41) is 0. The highest BCUT2D eigenvalue weighted by Crippen LogP contribution is 2.33. The number of fused-ring (bicyclic) bond motifs is 1. The molecule has 0 bridgehead atoms. The molecule has 92 valence electrons. The maximum Gasteiger partial charge on any atom is 0.123 e. The average Bonchev–Trinajstić information content (AvgIpc) is 2.79. The first-order chi connectivity index (χ1) is 8.36. The van der Waals surface area contributed by atoms with Crippen molar-refractivity contribution in [2.75, 3.05) is 26.9 Å². The molecule has 3 N–H and O–H groups in total. The van der Waals surface area contributed by atoms with Crippen molar-refractivity contribution in [2.24, 2.45) is 10.8 Å². The van der Waals surface area contributed by atoms with Crippen molar-refractivity contribution in [2.45, 2.75) is 5.92 Å². The molecule has 0 fully saturated rings. The molecule has 0 aliphatic carbocycles. The summed E-state index contributed by atoms with van der Waals surface area (Å²) in [7, 11) is 1.65. The standard InChI is InChI=1S/C12H17N3O2/c1-16-7-6-14-12(15-13)10-8-17-11-5-3-2-4-9(10)11/h2-5,10H,6-8,13H2,1H3,(H,14,15). The van der Waals surface area contributed by atoms with Gasteiger partial charge in [0, 0.05) is 12.7 Å². The van der Waals surface area contributed by atoms with Crippen LogP contribution in [0, 0.1) is 0 Å². The van der Waals surface area contributed by atoms with Crippen molar-refractivity contribution in [1.29, 1.82) is 0 Å². The zero-order valence-corrected chi connectivity index (χ0v) is 9.85. The van der Waals surface area contributed by atoms with Gasteiger partial charge in [0.15, 0.2) is 0 Å². The highest BCUT2D eigenvalue weighted by Gasteiger charge is 2.27. The van der Waals surface area contributed by atoms with Crippen molar-refractivity contribution in [3.8, 4) is 5.75 Å². The Morgan fingerprint density at radius 1 is 1.59 bits per heavy atom. The number of nitrogens with zero attached hydrogens (tertiary/aromatic N) is 1. The predicted octanol–water partition coefficient (Wildman–Crippen LogP) is 0.671. The Bertz CT molecular complexity index is 406. The molecule has 1 aliphatic rings. The lowest BCUT2D eigenvalue weighted by atomic mass is 10.0. The number of hydrazine groups is 1. The Morgan fingerprint density at radius 2 is 2.41 bits per heavy atom. The lowest BCUT2D eigenvalue weighted by molar-refractivity contribution is 0.208. The lowest BCUT2D eigenvalue weighted by Crippen LogP contribution is -2.36. The van der Waals surface area contributed by atoms with Crippen LogP contribution in [0.4, 0.5) is 0 Å². The minimum absolute atomic E-state index is 0.0908. The van der Waals surface area contributed by atoms with Crippen LogP contribution >= 0.6 is 0 Å². The molecule has 1 aromatic carbocycles. The van der Waals surface area contributed by atoms with Gasteiger partial charge in [0.25, 0.3) is 0 Å². The Kier molecular flexibility index (Phi) is 3.95. The summed E-state index contributed by atoms with van der Waals surface area (Å²) in [4.78, 5) is 4.39. The molecule has 1 aliphatic heterocycles. The third kappa shape index (κ3) is 2.57. The number of ether oxygens (including phenoxy) is 2. The van der Waals surface area contributed by atoms with Crippen LogP contribution in [0.2, 0.25) is 0 Å². The van der Waals surface area contributed by atoms with E-state index in [-0.39, 0.29) is 5.92 Å². The van der Waals surface area contributed by atoms with Gasteiger partial charge in [-0.25, -0.2) is 5.84 Å². The van der Waals surface area contributed by atoms with Gasteiger partial charge in [0.2, 0.25) is 0 Å². The fourth-order valence-corrected chi connectivity index (χ4v) is 1.90. The Morgan fingerprint density at radius 3 is 3.18 bits per heavy atom. The monoisotopic (exact) mass is 235 g/mol. The van der Waals surface area contributed by atoms with Crippen LogP contribution in [0.15, 0.2) is 29.3 Å². The second kappa shape index (κ2) is 5.65. The number of nitrogens with two attached hydrogens (primary N) is 1. The molecule has 2 rings (SSSR count). The topological polar surface area (TPSA) is 68.9 Å². The van der Waals surface area contributed by atoms with Crippen molar-refractivity contribution in [3.63, 3.8) is 0 Å². The minimum Gasteiger partial charge on any atom is -0.492 e. The number of rotatable bonds is 4. The Labute approximate surface area is 101 Å². The third-order valence-corrected chi connectivity index (χ3v) is 2.76. The van der Waals surface area contributed by atoms with E-state index in [4.69, 9.17) is 15.3 Å². The third-order valence-electron chi connectivity index (χ3n) is 2.76. The summed E-state index contributed by atoms with van der Waals surface area (Å²) in [6.45, 7) is 1.75. The van der Waals surface area contributed by atoms with Crippen LogP contribution in [0.3, 0.4) is 0 Å². The summed E-state index contributed by atoms with van der Waals surface area (Å²) in [6.07, 6.45) is 0. The maximum absolute atomic E-state index is 5.59. The molecule has 1 atom stereocenters. The predicted molar refractivity (Wildman–Crippen MR) is 66.2 cm³/mol. The fourth-order valence-electron chi connectivity index (χ4n) is 1.90. The highest BCUT2D eigenvalue weighted by molar-refractivity contribution is 5.90. The first kappa shape index (κ1) is 11.9. The van der Waals surface area contributed by atoms with Crippen LogP contribution in [-0.4, -0.2) is 32.7 Å². The molecule has 0 aromatic heterocycles. The van der Waals surface area contributed by atoms with Gasteiger partial charge in [0.1, 0.15) is 18.2 Å². The van der Waals surface area contributed by atoms with E-state index in [1.165, 1.54) is 0 Å². The highest BCUT2D eigenvalue weighted by atomic mass is 16.5. The number of aliphatic imine (C=N–C) groups is 1. The van der Waals surface area contributed by atoms with Gasteiger partial charge in [-0.15, -0.1) is 0 Å². The normalized spacial score (nSPS) is 18.7. The van der Waals surface area contributed by atoms with Crippen LogP contribution in [-0.2, 0) is 4.74 Å². The molecule has 0 amide bonds. The SMILES string of the molecule is COCCN=C(NN)C1COc2ccccc21. The summed E-state index contributed by atoms with van der Waals surface area (Å²) in [6, 6.07) is 7.94. The van der Waals surface area contributed by atoms with E-state index in [1.807, 2.05) is 24.3 Å². The molecular weight excluding hydrogens is 218 g/mol. The summed E-state index contributed by atoms with van der Waals surface area (Å²) >= 11 is 0. The van der Waals surface area contributed by atoms with Crippen molar-refractivity contribution in [3.05, 3.63) is 29.8 Å². The first-order valence-corrected chi connectivity index (χ1v) is 5.58.